The zero-order valence-electron chi connectivity index (χ0n) is 16.4. The molecule has 152 valence electrons. The number of hydrogen-bond donors (Lipinski definition) is 2. The van der Waals surface area contributed by atoms with Crippen LogP contribution in [0.3, 0.4) is 0 Å². The molecule has 7 heteroatoms. The number of piperazine rings is 1. The van der Waals surface area contributed by atoms with Gasteiger partial charge in [-0.2, -0.15) is 0 Å². The summed E-state index contributed by atoms with van der Waals surface area (Å²) in [6.45, 7) is 4.36. The lowest BCUT2D eigenvalue weighted by Crippen LogP contribution is -2.53. The average molecular weight is 395 g/mol. The summed E-state index contributed by atoms with van der Waals surface area (Å²) in [6.07, 6.45) is 0.374. The molecular weight excluding hydrogens is 370 g/mol. The largest absolute Gasteiger partial charge is 0.478 e. The van der Waals surface area contributed by atoms with Crippen LogP contribution in [-0.2, 0) is 17.8 Å². The van der Waals surface area contributed by atoms with E-state index in [-0.39, 0.29) is 17.5 Å². The van der Waals surface area contributed by atoms with Gasteiger partial charge in [0, 0.05) is 32.7 Å². The minimum atomic E-state index is -0.976. The topological polar surface area (TPSA) is 90.0 Å². The second-order valence-electron chi connectivity index (χ2n) is 7.19. The molecule has 1 fully saturated rings. The third-order valence-corrected chi connectivity index (χ3v) is 5.04. The summed E-state index contributed by atoms with van der Waals surface area (Å²) >= 11 is 0. The lowest BCUT2D eigenvalue weighted by Gasteiger charge is -2.34. The number of carboxylic acid groups (broad SMARTS) is 1. The number of urea groups is 1. The molecule has 0 unspecified atom stereocenters. The van der Waals surface area contributed by atoms with Gasteiger partial charge in [0.05, 0.1) is 12.0 Å². The van der Waals surface area contributed by atoms with Crippen molar-refractivity contribution < 1.29 is 19.5 Å². The van der Waals surface area contributed by atoms with E-state index in [2.05, 4.69) is 5.32 Å². The molecule has 3 amide bonds. The predicted octanol–water partition coefficient (Wildman–Crippen LogP) is 2.29. The maximum absolute atomic E-state index is 12.5. The quantitative estimate of drug-likeness (QED) is 0.813. The summed E-state index contributed by atoms with van der Waals surface area (Å²) < 4.78 is 0. The summed E-state index contributed by atoms with van der Waals surface area (Å²) in [5.74, 6) is -0.900. The molecule has 1 aliphatic heterocycles. The van der Waals surface area contributed by atoms with Crippen molar-refractivity contribution in [1.82, 2.24) is 15.1 Å². The molecule has 0 spiro atoms. The Morgan fingerprint density at radius 3 is 2.00 bits per heavy atom. The van der Waals surface area contributed by atoms with Gasteiger partial charge in [0.1, 0.15) is 0 Å². The minimum absolute atomic E-state index is 0.0763. The van der Waals surface area contributed by atoms with Crippen molar-refractivity contribution in [3.63, 3.8) is 0 Å². The van der Waals surface area contributed by atoms with Crippen molar-refractivity contribution in [3.8, 4) is 0 Å². The number of aryl methyl sites for hydroxylation is 1. The van der Waals surface area contributed by atoms with E-state index < -0.39 is 5.97 Å². The number of carbonyl (C=O) groups is 3. The summed E-state index contributed by atoms with van der Waals surface area (Å²) in [5.41, 5.74) is 3.20. The minimum Gasteiger partial charge on any atom is -0.478 e. The van der Waals surface area contributed by atoms with E-state index >= 15 is 0 Å². The lowest BCUT2D eigenvalue weighted by atomic mass is 10.1. The SMILES string of the molecule is Cc1ccc(CC(=O)N2CCN(C(=O)NCc3ccc(C(=O)O)cc3)CC2)cc1. The summed E-state index contributed by atoms with van der Waals surface area (Å²) in [7, 11) is 0. The van der Waals surface area contributed by atoms with Gasteiger partial charge < -0.3 is 20.2 Å². The van der Waals surface area contributed by atoms with Gasteiger partial charge in [0.2, 0.25) is 5.91 Å². The first kappa shape index (κ1) is 20.4. The second kappa shape index (κ2) is 9.23. The maximum Gasteiger partial charge on any atom is 0.335 e. The number of aromatic carboxylic acids is 1. The first-order valence-corrected chi connectivity index (χ1v) is 9.61. The third kappa shape index (κ3) is 5.57. The number of amides is 3. The second-order valence-corrected chi connectivity index (χ2v) is 7.19. The van der Waals surface area contributed by atoms with Crippen LogP contribution in [0.5, 0.6) is 0 Å². The highest BCUT2D eigenvalue weighted by Crippen LogP contribution is 2.09. The van der Waals surface area contributed by atoms with Crippen molar-refractivity contribution >= 4 is 17.9 Å². The van der Waals surface area contributed by atoms with Crippen LogP contribution in [0.25, 0.3) is 0 Å². The van der Waals surface area contributed by atoms with Crippen LogP contribution < -0.4 is 5.32 Å². The third-order valence-electron chi connectivity index (χ3n) is 5.04. The smallest absolute Gasteiger partial charge is 0.335 e. The fourth-order valence-electron chi connectivity index (χ4n) is 3.21. The molecule has 0 bridgehead atoms. The fraction of sp³-hybridized carbons (Fsp3) is 0.318. The van der Waals surface area contributed by atoms with Gasteiger partial charge in [0.25, 0.3) is 0 Å². The first-order chi connectivity index (χ1) is 13.9. The Kier molecular flexibility index (Phi) is 6.49. The molecule has 2 N–H and O–H groups in total. The standard InChI is InChI=1S/C22H25N3O4/c1-16-2-4-17(5-3-16)14-20(26)24-10-12-25(13-11-24)22(29)23-15-18-6-8-19(9-7-18)21(27)28/h2-9H,10-15H2,1H3,(H,23,29)(H,27,28). The molecule has 1 aliphatic rings. The van der Waals surface area contributed by atoms with Gasteiger partial charge in [-0.3, -0.25) is 4.79 Å². The number of hydrogen-bond acceptors (Lipinski definition) is 3. The molecule has 1 heterocycles. The van der Waals surface area contributed by atoms with Crippen LogP contribution in [0.15, 0.2) is 48.5 Å². The van der Waals surface area contributed by atoms with Crippen LogP contribution in [0.1, 0.15) is 27.0 Å². The van der Waals surface area contributed by atoms with E-state index in [1.807, 2.05) is 31.2 Å². The Labute approximate surface area is 169 Å². The van der Waals surface area contributed by atoms with Gasteiger partial charge in [0.15, 0.2) is 0 Å². The highest BCUT2D eigenvalue weighted by molar-refractivity contribution is 5.87. The Morgan fingerprint density at radius 2 is 1.41 bits per heavy atom. The summed E-state index contributed by atoms with van der Waals surface area (Å²) in [4.78, 5) is 39.2. The Balaban J connectivity index is 1.43. The molecule has 1 saturated heterocycles. The van der Waals surface area contributed by atoms with Gasteiger partial charge >= 0.3 is 12.0 Å². The molecule has 2 aromatic carbocycles. The zero-order valence-corrected chi connectivity index (χ0v) is 16.4. The Morgan fingerprint density at radius 1 is 0.862 bits per heavy atom. The van der Waals surface area contributed by atoms with E-state index in [9.17, 15) is 14.4 Å². The number of rotatable bonds is 5. The van der Waals surface area contributed by atoms with Crippen LogP contribution >= 0.6 is 0 Å². The number of nitrogens with one attached hydrogen (secondary N) is 1. The van der Waals surface area contributed by atoms with E-state index in [4.69, 9.17) is 5.11 Å². The maximum atomic E-state index is 12.5. The zero-order chi connectivity index (χ0) is 20.8. The average Bonchev–Trinajstić information content (AvgIpc) is 2.74. The van der Waals surface area contributed by atoms with Crippen LogP contribution in [0.2, 0.25) is 0 Å². The molecule has 0 aromatic heterocycles. The van der Waals surface area contributed by atoms with Crippen molar-refractivity contribution in [2.24, 2.45) is 0 Å². The van der Waals surface area contributed by atoms with Crippen molar-refractivity contribution in [2.45, 2.75) is 19.9 Å². The van der Waals surface area contributed by atoms with Crippen molar-refractivity contribution in [3.05, 3.63) is 70.8 Å². The lowest BCUT2D eigenvalue weighted by molar-refractivity contribution is -0.131. The molecule has 7 nitrogen and oxygen atoms in total. The van der Waals surface area contributed by atoms with Gasteiger partial charge in [-0.1, -0.05) is 42.0 Å². The Hall–Kier alpha value is -3.35. The first-order valence-electron chi connectivity index (χ1n) is 9.61. The highest BCUT2D eigenvalue weighted by atomic mass is 16.4. The predicted molar refractivity (Wildman–Crippen MR) is 109 cm³/mol. The van der Waals surface area contributed by atoms with Crippen molar-refractivity contribution in [1.29, 1.82) is 0 Å². The van der Waals surface area contributed by atoms with Crippen LogP contribution in [0, 0.1) is 6.92 Å². The van der Waals surface area contributed by atoms with E-state index in [0.29, 0.717) is 39.1 Å². The van der Waals surface area contributed by atoms with Crippen molar-refractivity contribution in [2.75, 3.05) is 26.2 Å². The van der Waals surface area contributed by atoms with E-state index in [1.54, 1.807) is 21.9 Å². The molecule has 3 rings (SSSR count). The summed E-state index contributed by atoms with van der Waals surface area (Å²) in [6, 6.07) is 14.2. The number of carbonyl (C=O) groups excluding carboxylic acids is 2. The molecule has 2 aromatic rings. The highest BCUT2D eigenvalue weighted by Gasteiger charge is 2.24. The normalized spacial score (nSPS) is 13.8. The summed E-state index contributed by atoms with van der Waals surface area (Å²) in [5, 5.41) is 11.8. The van der Waals surface area contributed by atoms with Gasteiger partial charge in [-0.15, -0.1) is 0 Å². The van der Waals surface area contributed by atoms with Crippen LogP contribution in [0.4, 0.5) is 4.79 Å². The van der Waals surface area contributed by atoms with Gasteiger partial charge in [-0.25, -0.2) is 9.59 Å². The molecule has 0 atom stereocenters. The Bertz CT molecular complexity index is 870. The van der Waals surface area contributed by atoms with E-state index in [1.165, 1.54) is 17.7 Å². The number of carboxylic acids is 1. The molecule has 0 radical (unpaired) electrons. The molecular formula is C22H25N3O4. The van der Waals surface area contributed by atoms with Gasteiger partial charge in [-0.05, 0) is 30.2 Å². The fourth-order valence-corrected chi connectivity index (χ4v) is 3.21. The van der Waals surface area contributed by atoms with E-state index in [0.717, 1.165) is 11.1 Å². The number of benzene rings is 2. The van der Waals surface area contributed by atoms with Crippen LogP contribution in [-0.4, -0.2) is 59.0 Å². The number of nitrogens with zero attached hydrogens (tertiary/aromatic N) is 2. The molecule has 29 heavy (non-hydrogen) atoms. The monoisotopic (exact) mass is 395 g/mol. The molecule has 0 aliphatic carbocycles. The molecule has 0 saturated carbocycles.